The Morgan fingerprint density at radius 1 is 1.47 bits per heavy atom. The second-order valence-corrected chi connectivity index (χ2v) is 4.43. The molecule has 0 atom stereocenters. The highest BCUT2D eigenvalue weighted by molar-refractivity contribution is 5.96. The quantitative estimate of drug-likeness (QED) is 0.697. The molecule has 1 aromatic carbocycles. The number of nitrogens with one attached hydrogen (secondary N) is 2. The van der Waals surface area contributed by atoms with E-state index in [0.29, 0.717) is 23.8 Å². The molecule has 92 valence electrons. The second-order valence-electron chi connectivity index (χ2n) is 4.43. The van der Waals surface area contributed by atoms with Crippen molar-refractivity contribution < 1.29 is 4.79 Å². The van der Waals surface area contributed by atoms with Gasteiger partial charge in [0.1, 0.15) is 0 Å². The van der Waals surface area contributed by atoms with E-state index in [-0.39, 0.29) is 5.91 Å². The number of nitrogen functional groups attached to an aromatic ring is 1. The molecule has 0 heterocycles. The van der Waals surface area contributed by atoms with Gasteiger partial charge in [0, 0.05) is 18.2 Å². The summed E-state index contributed by atoms with van der Waals surface area (Å²) in [6.45, 7) is 2.54. The van der Waals surface area contributed by atoms with Gasteiger partial charge in [-0.05, 0) is 44.4 Å². The molecular formula is C13H19N3O. The maximum absolute atomic E-state index is 11.7. The van der Waals surface area contributed by atoms with Crippen molar-refractivity contribution in [2.24, 2.45) is 0 Å². The van der Waals surface area contributed by atoms with Crippen molar-refractivity contribution in [2.75, 3.05) is 17.6 Å². The molecule has 0 unspecified atom stereocenters. The number of carbonyl (C=O) groups excluding carboxylic acids is 1. The molecule has 1 aromatic rings. The third kappa shape index (κ3) is 2.70. The fourth-order valence-corrected chi connectivity index (χ4v) is 1.86. The van der Waals surface area contributed by atoms with E-state index in [1.165, 1.54) is 19.3 Å². The normalized spacial score (nSPS) is 15.1. The molecule has 4 nitrogen and oxygen atoms in total. The molecule has 17 heavy (non-hydrogen) atoms. The lowest BCUT2D eigenvalue weighted by atomic mass is 9.93. The molecule has 0 saturated heterocycles. The Kier molecular flexibility index (Phi) is 3.52. The van der Waals surface area contributed by atoms with Gasteiger partial charge in [0.05, 0.1) is 11.4 Å². The largest absolute Gasteiger partial charge is 0.397 e. The van der Waals surface area contributed by atoms with Gasteiger partial charge in [0.2, 0.25) is 0 Å². The average molecular weight is 233 g/mol. The fraction of sp³-hybridized carbons (Fsp3) is 0.462. The number of amides is 1. The van der Waals surface area contributed by atoms with Crippen LogP contribution in [0.25, 0.3) is 0 Å². The van der Waals surface area contributed by atoms with Crippen LogP contribution in [0.2, 0.25) is 0 Å². The zero-order valence-corrected chi connectivity index (χ0v) is 10.1. The van der Waals surface area contributed by atoms with Crippen LogP contribution in [0.4, 0.5) is 11.4 Å². The highest BCUT2D eigenvalue weighted by Crippen LogP contribution is 2.27. The van der Waals surface area contributed by atoms with Crippen LogP contribution in [0.1, 0.15) is 36.5 Å². The fourth-order valence-electron chi connectivity index (χ4n) is 1.86. The van der Waals surface area contributed by atoms with Crippen molar-refractivity contribution in [3.8, 4) is 0 Å². The minimum absolute atomic E-state index is 0.0517. The first kappa shape index (κ1) is 11.8. The molecular weight excluding hydrogens is 214 g/mol. The van der Waals surface area contributed by atoms with Crippen molar-refractivity contribution >= 4 is 17.3 Å². The van der Waals surface area contributed by atoms with Crippen LogP contribution in [-0.4, -0.2) is 18.5 Å². The first-order chi connectivity index (χ1) is 8.20. The van der Waals surface area contributed by atoms with Crippen LogP contribution in [0.5, 0.6) is 0 Å². The molecule has 1 amide bonds. The van der Waals surface area contributed by atoms with Crippen molar-refractivity contribution in [2.45, 2.75) is 32.2 Å². The zero-order valence-electron chi connectivity index (χ0n) is 10.1. The van der Waals surface area contributed by atoms with Crippen LogP contribution < -0.4 is 16.4 Å². The Morgan fingerprint density at radius 2 is 2.24 bits per heavy atom. The number of hydrogen-bond acceptors (Lipinski definition) is 3. The van der Waals surface area contributed by atoms with Crippen LogP contribution >= 0.6 is 0 Å². The molecule has 1 saturated carbocycles. The van der Waals surface area contributed by atoms with Gasteiger partial charge in [-0.15, -0.1) is 0 Å². The average Bonchev–Trinajstić information content (AvgIpc) is 2.25. The Morgan fingerprint density at radius 3 is 2.82 bits per heavy atom. The van der Waals surface area contributed by atoms with Gasteiger partial charge in [0.15, 0.2) is 0 Å². The predicted molar refractivity (Wildman–Crippen MR) is 70.1 cm³/mol. The monoisotopic (exact) mass is 233 g/mol. The Bertz CT molecular complexity index is 413. The van der Waals surface area contributed by atoms with Crippen LogP contribution in [0.3, 0.4) is 0 Å². The number of benzene rings is 1. The number of hydrogen-bond donors (Lipinski definition) is 3. The van der Waals surface area contributed by atoms with Crippen molar-refractivity contribution in [1.82, 2.24) is 5.32 Å². The van der Waals surface area contributed by atoms with Gasteiger partial charge >= 0.3 is 0 Å². The summed E-state index contributed by atoms with van der Waals surface area (Å²) in [4.78, 5) is 11.7. The van der Waals surface area contributed by atoms with E-state index in [1.807, 2.05) is 13.0 Å². The summed E-state index contributed by atoms with van der Waals surface area (Å²) in [6, 6.07) is 5.89. The summed E-state index contributed by atoms with van der Waals surface area (Å²) in [5, 5.41) is 6.16. The summed E-state index contributed by atoms with van der Waals surface area (Å²) in [5.74, 6) is -0.0517. The summed E-state index contributed by atoms with van der Waals surface area (Å²) in [5.41, 5.74) is 8.12. The third-order valence-electron chi connectivity index (χ3n) is 3.12. The first-order valence-electron chi connectivity index (χ1n) is 6.15. The minimum atomic E-state index is -0.0517. The number of rotatable bonds is 4. The van der Waals surface area contributed by atoms with Crippen molar-refractivity contribution in [1.29, 1.82) is 0 Å². The summed E-state index contributed by atoms with van der Waals surface area (Å²) >= 11 is 0. The summed E-state index contributed by atoms with van der Waals surface area (Å²) < 4.78 is 0. The van der Waals surface area contributed by atoms with E-state index in [0.717, 1.165) is 5.69 Å². The van der Waals surface area contributed by atoms with Crippen molar-refractivity contribution in [3.63, 3.8) is 0 Å². The zero-order chi connectivity index (χ0) is 12.3. The molecule has 0 bridgehead atoms. The molecule has 0 spiro atoms. The predicted octanol–water partition coefficient (Wildman–Crippen LogP) is 1.98. The Hall–Kier alpha value is -1.71. The first-order valence-corrected chi connectivity index (χ1v) is 6.15. The van der Waals surface area contributed by atoms with Crippen LogP contribution in [-0.2, 0) is 0 Å². The molecule has 2 rings (SSSR count). The highest BCUT2D eigenvalue weighted by Gasteiger charge is 2.18. The van der Waals surface area contributed by atoms with E-state index < -0.39 is 0 Å². The van der Waals surface area contributed by atoms with E-state index in [1.54, 1.807) is 12.1 Å². The van der Waals surface area contributed by atoms with Gasteiger partial charge in [-0.1, -0.05) is 0 Å². The minimum Gasteiger partial charge on any atom is -0.397 e. The van der Waals surface area contributed by atoms with Gasteiger partial charge in [-0.25, -0.2) is 0 Å². The lowest BCUT2D eigenvalue weighted by molar-refractivity contribution is 0.0956. The topological polar surface area (TPSA) is 67.2 Å². The number of nitrogens with two attached hydrogens (primary N) is 1. The highest BCUT2D eigenvalue weighted by atomic mass is 16.1. The SMILES string of the molecule is CCNC(=O)c1ccc(N)c(NC2CCC2)c1. The molecule has 4 heteroatoms. The third-order valence-corrected chi connectivity index (χ3v) is 3.12. The molecule has 4 N–H and O–H groups in total. The molecule has 0 aliphatic heterocycles. The lowest BCUT2D eigenvalue weighted by Crippen LogP contribution is -2.28. The van der Waals surface area contributed by atoms with Gasteiger partial charge in [0.25, 0.3) is 5.91 Å². The molecule has 0 aromatic heterocycles. The smallest absolute Gasteiger partial charge is 0.251 e. The maximum Gasteiger partial charge on any atom is 0.251 e. The second kappa shape index (κ2) is 5.08. The molecule has 1 fully saturated rings. The van der Waals surface area contributed by atoms with Gasteiger partial charge in [-0.2, -0.15) is 0 Å². The van der Waals surface area contributed by atoms with Crippen LogP contribution in [0.15, 0.2) is 18.2 Å². The molecule has 1 aliphatic rings. The van der Waals surface area contributed by atoms with Gasteiger partial charge < -0.3 is 16.4 Å². The summed E-state index contributed by atoms with van der Waals surface area (Å²) in [7, 11) is 0. The van der Waals surface area contributed by atoms with E-state index in [9.17, 15) is 4.79 Å². The summed E-state index contributed by atoms with van der Waals surface area (Å²) in [6.07, 6.45) is 3.64. The van der Waals surface area contributed by atoms with Crippen LogP contribution in [0, 0.1) is 0 Å². The Labute approximate surface area is 102 Å². The Balaban J connectivity index is 2.13. The number of anilines is 2. The number of carbonyl (C=O) groups is 1. The van der Waals surface area contributed by atoms with E-state index >= 15 is 0 Å². The van der Waals surface area contributed by atoms with E-state index in [2.05, 4.69) is 10.6 Å². The molecule has 0 radical (unpaired) electrons. The molecule has 1 aliphatic carbocycles. The standard InChI is InChI=1S/C13H19N3O/c1-2-15-13(17)9-6-7-11(14)12(8-9)16-10-4-3-5-10/h6-8,10,16H,2-5,14H2,1H3,(H,15,17). The lowest BCUT2D eigenvalue weighted by Gasteiger charge is -2.28. The van der Waals surface area contributed by atoms with Crippen molar-refractivity contribution in [3.05, 3.63) is 23.8 Å². The maximum atomic E-state index is 11.7. The van der Waals surface area contributed by atoms with Gasteiger partial charge in [-0.3, -0.25) is 4.79 Å². The van der Waals surface area contributed by atoms with E-state index in [4.69, 9.17) is 5.73 Å².